The number of carbonyl (C=O) groups is 3. The van der Waals surface area contributed by atoms with Crippen molar-refractivity contribution in [1.29, 1.82) is 0 Å². The molecule has 0 amide bonds. The highest BCUT2D eigenvalue weighted by Gasteiger charge is 2.44. The molecule has 0 spiro atoms. The number of benzene rings is 4. The van der Waals surface area contributed by atoms with Gasteiger partial charge in [-0.25, -0.2) is 0 Å². The van der Waals surface area contributed by atoms with Crippen molar-refractivity contribution in [3.63, 3.8) is 0 Å². The number of fused-ring (bicyclic) bond motifs is 2. The minimum atomic E-state index is -1.70. The van der Waals surface area contributed by atoms with Gasteiger partial charge in [0.25, 0.3) is 0 Å². The molecule has 0 radical (unpaired) electrons. The van der Waals surface area contributed by atoms with E-state index >= 15 is 0 Å². The maximum Gasteiger partial charge on any atom is 0.308 e. The van der Waals surface area contributed by atoms with Crippen molar-refractivity contribution in [3.8, 4) is 17.2 Å². The van der Waals surface area contributed by atoms with E-state index in [9.17, 15) is 39.9 Å². The zero-order chi connectivity index (χ0) is 36.4. The van der Waals surface area contributed by atoms with Gasteiger partial charge in [0.2, 0.25) is 6.29 Å². The molecule has 2 aliphatic rings. The lowest BCUT2D eigenvalue weighted by Crippen LogP contribution is -2.58. The van der Waals surface area contributed by atoms with Crippen LogP contribution in [0.15, 0.2) is 72.8 Å². The summed E-state index contributed by atoms with van der Waals surface area (Å²) in [5, 5.41) is 53.7. The van der Waals surface area contributed by atoms with E-state index in [0.717, 1.165) is 11.1 Å². The fraction of sp³-hybridized carbons (Fsp3) is 0.275. The molecule has 0 saturated carbocycles. The van der Waals surface area contributed by atoms with Gasteiger partial charge in [0, 0.05) is 34.7 Å². The number of phenols is 1. The summed E-state index contributed by atoms with van der Waals surface area (Å²) in [6.45, 7) is 2.00. The van der Waals surface area contributed by atoms with Crippen molar-refractivity contribution in [2.24, 2.45) is 0 Å². The van der Waals surface area contributed by atoms with Gasteiger partial charge in [-0.3, -0.25) is 14.4 Å². The minimum absolute atomic E-state index is 0.0210. The molecule has 4 aromatic carbocycles. The van der Waals surface area contributed by atoms with Crippen LogP contribution in [0.1, 0.15) is 79.9 Å². The highest BCUT2D eigenvalue weighted by molar-refractivity contribution is 6.31. The highest BCUT2D eigenvalue weighted by Crippen LogP contribution is 2.45. The number of carbonyl (C=O) groups excluding carboxylic acids is 3. The van der Waals surface area contributed by atoms with Gasteiger partial charge in [-0.1, -0.05) is 66.7 Å². The molecule has 1 fully saturated rings. The van der Waals surface area contributed by atoms with Crippen LogP contribution in [-0.4, -0.2) is 73.8 Å². The molecule has 11 nitrogen and oxygen atoms in total. The maximum atomic E-state index is 14.6. The molecule has 1 aliphatic carbocycles. The Hall–Kier alpha value is -5.17. The van der Waals surface area contributed by atoms with Crippen molar-refractivity contribution in [1.82, 2.24) is 0 Å². The van der Waals surface area contributed by atoms with Gasteiger partial charge in [-0.2, -0.15) is 0 Å². The number of rotatable bonds is 10. The summed E-state index contributed by atoms with van der Waals surface area (Å²) in [4.78, 5) is 41.2. The molecule has 5 unspecified atom stereocenters. The molecule has 0 bridgehead atoms. The summed E-state index contributed by atoms with van der Waals surface area (Å²) in [6.07, 6.45) is -2.68. The number of hydrogen-bond acceptors (Lipinski definition) is 11. The predicted octanol–water partition coefficient (Wildman–Crippen LogP) is 4.14. The topological polar surface area (TPSA) is 180 Å². The Morgan fingerprint density at radius 2 is 1.51 bits per heavy atom. The van der Waals surface area contributed by atoms with E-state index in [-0.39, 0.29) is 56.9 Å². The van der Waals surface area contributed by atoms with E-state index in [2.05, 4.69) is 0 Å². The summed E-state index contributed by atoms with van der Waals surface area (Å²) >= 11 is 0. The number of ether oxygens (including phenoxy) is 3. The van der Waals surface area contributed by atoms with Crippen LogP contribution in [0.3, 0.4) is 0 Å². The van der Waals surface area contributed by atoms with E-state index < -0.39 is 60.6 Å². The van der Waals surface area contributed by atoms with Crippen molar-refractivity contribution >= 4 is 29.7 Å². The Kier molecular flexibility index (Phi) is 10.5. The molecule has 264 valence electrons. The Bertz CT molecular complexity index is 1990. The minimum Gasteiger partial charge on any atom is -0.507 e. The molecule has 1 heterocycles. The zero-order valence-corrected chi connectivity index (χ0v) is 28.0. The first-order chi connectivity index (χ1) is 24.5. The molecular weight excluding hydrogens is 656 g/mol. The van der Waals surface area contributed by atoms with E-state index in [0.29, 0.717) is 12.8 Å². The molecule has 5 atom stereocenters. The lowest BCUT2D eigenvalue weighted by atomic mass is 9.77. The van der Waals surface area contributed by atoms with Gasteiger partial charge in [-0.15, -0.1) is 0 Å². The average molecular weight is 695 g/mol. The number of aromatic hydroxyl groups is 1. The summed E-state index contributed by atoms with van der Waals surface area (Å²) in [6, 6.07) is 21.3. The van der Waals surface area contributed by atoms with E-state index in [4.69, 9.17) is 14.2 Å². The van der Waals surface area contributed by atoms with Crippen LogP contribution < -0.4 is 9.47 Å². The number of aliphatic hydroxyl groups is 4. The molecule has 0 aromatic heterocycles. The van der Waals surface area contributed by atoms with Crippen LogP contribution in [0.5, 0.6) is 17.2 Å². The Morgan fingerprint density at radius 3 is 2.18 bits per heavy atom. The second-order valence-corrected chi connectivity index (χ2v) is 12.6. The molecule has 6 rings (SSSR count). The maximum absolute atomic E-state index is 14.6. The van der Waals surface area contributed by atoms with Crippen LogP contribution in [0.25, 0.3) is 12.2 Å². The smallest absolute Gasteiger partial charge is 0.308 e. The second-order valence-electron chi connectivity index (χ2n) is 12.6. The first-order valence-electron chi connectivity index (χ1n) is 16.6. The van der Waals surface area contributed by atoms with Crippen LogP contribution >= 0.6 is 0 Å². The van der Waals surface area contributed by atoms with E-state index in [1.807, 2.05) is 60.7 Å². The third-order valence-electron chi connectivity index (χ3n) is 9.15. The Morgan fingerprint density at radius 1 is 0.824 bits per heavy atom. The number of aryl methyl sites for hydroxylation is 1. The van der Waals surface area contributed by atoms with Gasteiger partial charge >= 0.3 is 5.97 Å². The largest absolute Gasteiger partial charge is 0.507 e. The summed E-state index contributed by atoms with van der Waals surface area (Å²) < 4.78 is 17.2. The molecule has 1 saturated heterocycles. The van der Waals surface area contributed by atoms with Crippen molar-refractivity contribution in [3.05, 3.63) is 123 Å². The van der Waals surface area contributed by atoms with Gasteiger partial charge in [0.1, 0.15) is 35.6 Å². The molecular formula is C40H38O11. The number of esters is 1. The van der Waals surface area contributed by atoms with Crippen LogP contribution in [0.2, 0.25) is 0 Å². The molecule has 11 heteroatoms. The van der Waals surface area contributed by atoms with Crippen molar-refractivity contribution in [2.75, 3.05) is 0 Å². The van der Waals surface area contributed by atoms with Crippen molar-refractivity contribution in [2.45, 2.75) is 70.4 Å². The second kappa shape index (κ2) is 15.0. The number of phenolic OH excluding ortho intramolecular Hbond substituents is 1. The third kappa shape index (κ3) is 7.07. The summed E-state index contributed by atoms with van der Waals surface area (Å²) in [5.41, 5.74) is 1.25. The van der Waals surface area contributed by atoms with Crippen molar-refractivity contribution < 1.29 is 54.1 Å². The first-order valence-corrected chi connectivity index (χ1v) is 16.6. The monoisotopic (exact) mass is 694 g/mol. The van der Waals surface area contributed by atoms with Gasteiger partial charge in [0.15, 0.2) is 11.6 Å². The SMILES string of the molecule is CC(=O)Oc1cc(CO)c2c(c1C=Cc1ccccc1)C(=O)c1cc(OC3OC(C)C(O)C(O)C3O)c(CCCc3ccccc3)c(O)c1C2=O. The predicted molar refractivity (Wildman–Crippen MR) is 185 cm³/mol. The molecule has 5 N–H and O–H groups in total. The number of ketones is 2. The van der Waals surface area contributed by atoms with E-state index in [1.54, 1.807) is 12.2 Å². The Labute approximate surface area is 294 Å². The summed E-state index contributed by atoms with van der Waals surface area (Å²) in [5.74, 6) is -2.80. The van der Waals surface area contributed by atoms with Gasteiger partial charge in [-0.05, 0) is 61.1 Å². The van der Waals surface area contributed by atoms with Gasteiger partial charge in [0.05, 0.1) is 18.3 Å². The number of hydrogen-bond donors (Lipinski definition) is 5. The van der Waals surface area contributed by atoms with Crippen LogP contribution in [0, 0.1) is 0 Å². The van der Waals surface area contributed by atoms with Crippen LogP contribution in [-0.2, 0) is 29.0 Å². The van der Waals surface area contributed by atoms with E-state index in [1.165, 1.54) is 26.0 Å². The Balaban J connectivity index is 1.50. The number of aliphatic hydroxyl groups excluding tert-OH is 4. The van der Waals surface area contributed by atoms with Crippen LogP contribution in [0.4, 0.5) is 0 Å². The molecule has 51 heavy (non-hydrogen) atoms. The normalized spacial score (nSPS) is 21.3. The lowest BCUT2D eigenvalue weighted by Gasteiger charge is -2.39. The summed E-state index contributed by atoms with van der Waals surface area (Å²) in [7, 11) is 0. The first kappa shape index (κ1) is 35.6. The molecule has 1 aliphatic heterocycles. The average Bonchev–Trinajstić information content (AvgIpc) is 3.12. The lowest BCUT2D eigenvalue weighted by molar-refractivity contribution is -0.268. The zero-order valence-electron chi connectivity index (χ0n) is 28.0. The fourth-order valence-electron chi connectivity index (χ4n) is 6.55. The quantitative estimate of drug-likeness (QED) is 0.0806. The third-order valence-corrected chi connectivity index (χ3v) is 9.15. The highest BCUT2D eigenvalue weighted by atomic mass is 16.7. The molecule has 4 aromatic rings. The standard InChI is InChI=1S/C40H38O11/c1-21-34(43)38(47)39(48)40(49-21)51-30-19-28-33(35(44)27(30)15-9-14-23-10-5-3-6-11-23)37(46)31-25(20-41)18-29(50-22(2)42)26(32(31)36(28)45)17-16-24-12-7-4-8-13-24/h3-8,10-13,16-19,21,34,38-41,43-44,47-48H,9,14-15,20H2,1-2H3. The fourth-order valence-corrected chi connectivity index (χ4v) is 6.55. The van der Waals surface area contributed by atoms with Gasteiger partial charge < -0.3 is 39.7 Å².